The maximum absolute atomic E-state index is 11.8. The lowest BCUT2D eigenvalue weighted by atomic mass is 10.0. The van der Waals surface area contributed by atoms with Crippen LogP contribution in [-0.2, 0) is 4.79 Å². The third kappa shape index (κ3) is 3.23. The number of halogens is 2. The summed E-state index contributed by atoms with van der Waals surface area (Å²) in [5.41, 5.74) is -0.153. The molecule has 0 saturated heterocycles. The molecular formula is C10H17Br2NO. The molecule has 1 aliphatic rings. The van der Waals surface area contributed by atoms with Gasteiger partial charge in [-0.2, -0.15) is 0 Å². The fraction of sp³-hybridized carbons (Fsp3) is 0.900. The third-order valence-electron chi connectivity index (χ3n) is 2.74. The number of nitrogens with one attached hydrogen (secondary N) is 1. The molecule has 1 amide bonds. The van der Waals surface area contributed by atoms with Crippen LogP contribution in [0.2, 0.25) is 0 Å². The summed E-state index contributed by atoms with van der Waals surface area (Å²) in [5, 5.41) is 4.66. The zero-order chi connectivity index (χ0) is 10.6. The van der Waals surface area contributed by atoms with Gasteiger partial charge in [0.15, 0.2) is 0 Å². The zero-order valence-electron chi connectivity index (χ0n) is 8.48. The van der Waals surface area contributed by atoms with Crippen LogP contribution in [0.3, 0.4) is 0 Å². The van der Waals surface area contributed by atoms with Gasteiger partial charge in [0.2, 0.25) is 5.91 Å². The van der Waals surface area contributed by atoms with E-state index in [0.717, 1.165) is 23.5 Å². The molecule has 0 aliphatic heterocycles. The second-order valence-corrected chi connectivity index (χ2v) is 5.42. The van der Waals surface area contributed by atoms with Gasteiger partial charge in [0.25, 0.3) is 0 Å². The van der Waals surface area contributed by atoms with E-state index in [-0.39, 0.29) is 17.4 Å². The first kappa shape index (κ1) is 12.5. The molecule has 0 unspecified atom stereocenters. The van der Waals surface area contributed by atoms with E-state index in [9.17, 15) is 4.79 Å². The van der Waals surface area contributed by atoms with E-state index in [0.29, 0.717) is 0 Å². The Bertz CT molecular complexity index is 198. The second kappa shape index (κ2) is 5.50. The van der Waals surface area contributed by atoms with E-state index in [1.807, 2.05) is 6.92 Å². The van der Waals surface area contributed by atoms with Crippen molar-refractivity contribution in [2.45, 2.75) is 38.1 Å². The van der Waals surface area contributed by atoms with Crippen molar-refractivity contribution in [2.24, 2.45) is 5.92 Å². The molecule has 1 saturated carbocycles. The average molecular weight is 327 g/mol. The van der Waals surface area contributed by atoms with Crippen LogP contribution in [0.1, 0.15) is 32.6 Å². The van der Waals surface area contributed by atoms with Crippen molar-refractivity contribution in [1.29, 1.82) is 0 Å². The molecule has 0 aromatic rings. The molecule has 0 aromatic carbocycles. The molecule has 2 nitrogen and oxygen atoms in total. The normalized spacial score (nSPS) is 18.5. The summed E-state index contributed by atoms with van der Waals surface area (Å²) in [6.45, 7) is 2.04. The van der Waals surface area contributed by atoms with Crippen LogP contribution in [-0.4, -0.2) is 22.1 Å². The standard InChI is InChI=1S/C10H17Br2NO/c1-10(6-11,7-12)13-9(14)8-4-2-3-5-8/h8H,2-7H2,1H3,(H,13,14). The highest BCUT2D eigenvalue weighted by atomic mass is 79.9. The Balaban J connectivity index is 2.45. The van der Waals surface area contributed by atoms with Gasteiger partial charge in [-0.25, -0.2) is 0 Å². The van der Waals surface area contributed by atoms with E-state index < -0.39 is 0 Å². The van der Waals surface area contributed by atoms with Crippen LogP contribution in [0.5, 0.6) is 0 Å². The molecule has 1 rings (SSSR count). The minimum Gasteiger partial charge on any atom is -0.349 e. The van der Waals surface area contributed by atoms with Crippen molar-refractivity contribution in [2.75, 3.05) is 10.7 Å². The highest BCUT2D eigenvalue weighted by molar-refractivity contribution is 9.09. The van der Waals surface area contributed by atoms with Gasteiger partial charge in [-0.15, -0.1) is 0 Å². The first-order chi connectivity index (χ1) is 6.61. The van der Waals surface area contributed by atoms with E-state index in [1.54, 1.807) is 0 Å². The number of rotatable bonds is 4. The van der Waals surface area contributed by atoms with E-state index in [1.165, 1.54) is 12.8 Å². The fourth-order valence-corrected chi connectivity index (χ4v) is 2.90. The SMILES string of the molecule is CC(CBr)(CBr)NC(=O)C1CCCC1. The van der Waals surface area contributed by atoms with Crippen molar-refractivity contribution >= 4 is 37.8 Å². The van der Waals surface area contributed by atoms with Crippen LogP contribution < -0.4 is 5.32 Å². The topological polar surface area (TPSA) is 29.1 Å². The fourth-order valence-electron chi connectivity index (χ4n) is 1.69. The van der Waals surface area contributed by atoms with Gasteiger partial charge < -0.3 is 5.32 Å². The molecular weight excluding hydrogens is 310 g/mol. The summed E-state index contributed by atoms with van der Waals surface area (Å²) < 4.78 is 0. The number of amides is 1. The zero-order valence-corrected chi connectivity index (χ0v) is 11.7. The Morgan fingerprint density at radius 2 is 1.86 bits per heavy atom. The lowest BCUT2D eigenvalue weighted by Gasteiger charge is -2.28. The van der Waals surface area contributed by atoms with Gasteiger partial charge in [0.1, 0.15) is 0 Å². The summed E-state index contributed by atoms with van der Waals surface area (Å²) in [4.78, 5) is 11.8. The van der Waals surface area contributed by atoms with E-state index >= 15 is 0 Å². The third-order valence-corrected chi connectivity index (χ3v) is 5.22. The first-order valence-corrected chi connectivity index (χ1v) is 7.29. The van der Waals surface area contributed by atoms with Crippen molar-refractivity contribution < 1.29 is 4.79 Å². The van der Waals surface area contributed by atoms with Crippen molar-refractivity contribution in [3.05, 3.63) is 0 Å². The van der Waals surface area contributed by atoms with Crippen LogP contribution in [0.15, 0.2) is 0 Å². The summed E-state index contributed by atoms with van der Waals surface area (Å²) in [5.74, 6) is 0.483. The van der Waals surface area contributed by atoms with Gasteiger partial charge in [-0.1, -0.05) is 44.7 Å². The average Bonchev–Trinajstić information content (AvgIpc) is 2.70. The predicted molar refractivity (Wildman–Crippen MR) is 66.1 cm³/mol. The van der Waals surface area contributed by atoms with Crippen LogP contribution in [0.25, 0.3) is 0 Å². The first-order valence-electron chi connectivity index (χ1n) is 5.05. The highest BCUT2D eigenvalue weighted by Gasteiger charge is 2.29. The van der Waals surface area contributed by atoms with Crippen LogP contribution in [0.4, 0.5) is 0 Å². The molecule has 0 radical (unpaired) electrons. The number of hydrogen-bond acceptors (Lipinski definition) is 1. The van der Waals surface area contributed by atoms with Gasteiger partial charge in [-0.3, -0.25) is 4.79 Å². The van der Waals surface area contributed by atoms with Crippen molar-refractivity contribution in [1.82, 2.24) is 5.32 Å². The van der Waals surface area contributed by atoms with E-state index in [2.05, 4.69) is 37.2 Å². The summed E-state index contributed by atoms with van der Waals surface area (Å²) in [6, 6.07) is 0. The predicted octanol–water partition coefficient (Wildman–Crippen LogP) is 2.84. The molecule has 82 valence electrons. The molecule has 0 atom stereocenters. The number of carbonyl (C=O) groups is 1. The summed E-state index contributed by atoms with van der Waals surface area (Å²) in [6.07, 6.45) is 4.54. The quantitative estimate of drug-likeness (QED) is 0.791. The van der Waals surface area contributed by atoms with Gasteiger partial charge in [0.05, 0.1) is 5.54 Å². The lowest BCUT2D eigenvalue weighted by molar-refractivity contribution is -0.126. The van der Waals surface area contributed by atoms with Crippen LogP contribution in [0, 0.1) is 5.92 Å². The van der Waals surface area contributed by atoms with E-state index in [4.69, 9.17) is 0 Å². The second-order valence-electron chi connectivity index (χ2n) is 4.30. The molecule has 0 aromatic heterocycles. The van der Waals surface area contributed by atoms with Gasteiger partial charge in [-0.05, 0) is 19.8 Å². The Labute approximate surface area is 102 Å². The maximum atomic E-state index is 11.8. The minimum atomic E-state index is -0.153. The Morgan fingerprint density at radius 3 is 2.29 bits per heavy atom. The molecule has 0 bridgehead atoms. The maximum Gasteiger partial charge on any atom is 0.223 e. The monoisotopic (exact) mass is 325 g/mol. The van der Waals surface area contributed by atoms with Crippen molar-refractivity contribution in [3.8, 4) is 0 Å². The van der Waals surface area contributed by atoms with Crippen molar-refractivity contribution in [3.63, 3.8) is 0 Å². The number of carbonyl (C=O) groups excluding carboxylic acids is 1. The molecule has 4 heteroatoms. The number of hydrogen-bond donors (Lipinski definition) is 1. The van der Waals surface area contributed by atoms with Gasteiger partial charge in [0, 0.05) is 16.6 Å². The molecule has 1 aliphatic carbocycles. The van der Waals surface area contributed by atoms with Crippen LogP contribution >= 0.6 is 31.9 Å². The lowest BCUT2D eigenvalue weighted by Crippen LogP contribution is -2.50. The summed E-state index contributed by atoms with van der Waals surface area (Å²) in [7, 11) is 0. The highest BCUT2D eigenvalue weighted by Crippen LogP contribution is 2.25. The largest absolute Gasteiger partial charge is 0.349 e. The molecule has 14 heavy (non-hydrogen) atoms. The smallest absolute Gasteiger partial charge is 0.223 e. The minimum absolute atomic E-state index is 0.153. The Hall–Kier alpha value is 0.430. The molecule has 0 spiro atoms. The Morgan fingerprint density at radius 1 is 1.36 bits per heavy atom. The summed E-state index contributed by atoms with van der Waals surface area (Å²) >= 11 is 6.85. The van der Waals surface area contributed by atoms with Gasteiger partial charge >= 0.3 is 0 Å². The molecule has 0 heterocycles. The Kier molecular flexibility index (Phi) is 4.91. The molecule has 1 N–H and O–H groups in total. The number of alkyl halides is 2. The molecule has 1 fully saturated rings.